The quantitative estimate of drug-likeness (QED) is 0.610. The van der Waals surface area contributed by atoms with E-state index in [0.717, 1.165) is 18.5 Å². The van der Waals surface area contributed by atoms with E-state index < -0.39 is 11.3 Å². The van der Waals surface area contributed by atoms with Crippen molar-refractivity contribution < 1.29 is 4.79 Å². The molecule has 3 rings (SSSR count). The van der Waals surface area contributed by atoms with Crippen LogP contribution >= 0.6 is 11.6 Å². The van der Waals surface area contributed by atoms with Crippen LogP contribution in [-0.2, 0) is 0 Å². The summed E-state index contributed by atoms with van der Waals surface area (Å²) in [6.45, 7) is 4.33. The number of carbonyl (C=O) groups is 1. The number of hydrogen-bond acceptors (Lipinski definition) is 3. The molecule has 3 aromatic rings. The van der Waals surface area contributed by atoms with Gasteiger partial charge in [0.15, 0.2) is 5.69 Å². The van der Waals surface area contributed by atoms with Gasteiger partial charge in [0.1, 0.15) is 0 Å². The summed E-state index contributed by atoms with van der Waals surface area (Å²) in [5.74, 6) is -0.412. The van der Waals surface area contributed by atoms with Crippen molar-refractivity contribution in [1.82, 2.24) is 9.78 Å². The van der Waals surface area contributed by atoms with Gasteiger partial charge in [0, 0.05) is 24.0 Å². The van der Waals surface area contributed by atoms with Crippen molar-refractivity contribution in [3.8, 4) is 5.69 Å². The van der Waals surface area contributed by atoms with E-state index in [2.05, 4.69) is 12.0 Å². The molecule has 1 amide bonds. The lowest BCUT2D eigenvalue weighted by molar-refractivity contribution is 0.0979. The highest BCUT2D eigenvalue weighted by molar-refractivity contribution is 6.32. The molecule has 0 saturated carbocycles. The molecule has 0 saturated heterocycles. The molecule has 0 aliphatic carbocycles. The molecule has 2 aromatic carbocycles. The Bertz CT molecular complexity index is 1030. The van der Waals surface area contributed by atoms with Crippen LogP contribution in [0.15, 0.2) is 65.5 Å². The van der Waals surface area contributed by atoms with Gasteiger partial charge in [-0.05, 0) is 37.6 Å². The Morgan fingerprint density at radius 3 is 2.46 bits per heavy atom. The molecule has 0 spiro atoms. The summed E-state index contributed by atoms with van der Waals surface area (Å²) in [6, 6.07) is 18.0. The number of carbonyl (C=O) groups excluding carboxylic acids is 1. The Morgan fingerprint density at radius 1 is 1.11 bits per heavy atom. The normalized spacial score (nSPS) is 10.7. The van der Waals surface area contributed by atoms with Gasteiger partial charge in [0.05, 0.1) is 10.7 Å². The molecular weight excluding hydrogens is 374 g/mol. The van der Waals surface area contributed by atoms with Crippen LogP contribution in [0.5, 0.6) is 0 Å². The first kappa shape index (κ1) is 19.8. The first-order valence-electron chi connectivity index (χ1n) is 9.25. The van der Waals surface area contributed by atoms with Gasteiger partial charge in [-0.25, -0.2) is 4.68 Å². The van der Waals surface area contributed by atoms with Crippen molar-refractivity contribution >= 4 is 23.2 Å². The second-order valence-electron chi connectivity index (χ2n) is 6.51. The lowest BCUT2D eigenvalue weighted by Gasteiger charge is -2.22. The second-order valence-corrected chi connectivity index (χ2v) is 6.91. The highest BCUT2D eigenvalue weighted by Gasteiger charge is 2.23. The maximum Gasteiger partial charge on any atom is 0.282 e. The van der Waals surface area contributed by atoms with Crippen LogP contribution < -0.4 is 10.3 Å². The zero-order valence-corrected chi connectivity index (χ0v) is 16.7. The number of para-hydroxylation sites is 2. The Balaban J connectivity index is 2.08. The van der Waals surface area contributed by atoms with E-state index in [1.165, 1.54) is 6.07 Å². The van der Waals surface area contributed by atoms with Gasteiger partial charge in [0.2, 0.25) is 5.43 Å². The maximum absolute atomic E-state index is 13.3. The first-order chi connectivity index (χ1) is 13.5. The Kier molecular flexibility index (Phi) is 6.26. The summed E-state index contributed by atoms with van der Waals surface area (Å²) < 4.78 is 1.54. The smallest absolute Gasteiger partial charge is 0.282 e. The average molecular weight is 396 g/mol. The van der Waals surface area contributed by atoms with E-state index in [1.807, 2.05) is 42.5 Å². The molecule has 0 N–H and O–H groups in total. The fourth-order valence-corrected chi connectivity index (χ4v) is 3.18. The predicted molar refractivity (Wildman–Crippen MR) is 113 cm³/mol. The third kappa shape index (κ3) is 4.15. The van der Waals surface area contributed by atoms with Crippen LogP contribution in [0.4, 0.5) is 5.69 Å². The highest BCUT2D eigenvalue weighted by atomic mass is 35.5. The fourth-order valence-electron chi connectivity index (χ4n) is 2.96. The van der Waals surface area contributed by atoms with Gasteiger partial charge in [-0.3, -0.25) is 9.59 Å². The predicted octanol–water partition coefficient (Wildman–Crippen LogP) is 4.64. The van der Waals surface area contributed by atoms with E-state index in [4.69, 9.17) is 11.6 Å². The summed E-state index contributed by atoms with van der Waals surface area (Å²) in [4.78, 5) is 27.5. The molecule has 0 aliphatic rings. The van der Waals surface area contributed by atoms with E-state index in [1.54, 1.807) is 28.6 Å². The van der Waals surface area contributed by atoms with Crippen molar-refractivity contribution in [3.63, 3.8) is 0 Å². The van der Waals surface area contributed by atoms with Crippen molar-refractivity contribution in [2.75, 3.05) is 11.4 Å². The van der Waals surface area contributed by atoms with E-state index in [9.17, 15) is 9.59 Å². The lowest BCUT2D eigenvalue weighted by Crippen LogP contribution is -2.37. The molecule has 0 bridgehead atoms. The molecular formula is C22H22ClN3O2. The summed E-state index contributed by atoms with van der Waals surface area (Å²) in [6.07, 6.45) is 1.76. The third-order valence-electron chi connectivity index (χ3n) is 4.44. The van der Waals surface area contributed by atoms with Crippen LogP contribution in [0.2, 0.25) is 5.02 Å². The average Bonchev–Trinajstić information content (AvgIpc) is 2.70. The third-order valence-corrected chi connectivity index (χ3v) is 4.76. The maximum atomic E-state index is 13.3. The minimum atomic E-state index is -0.412. The minimum absolute atomic E-state index is 0.120. The number of rotatable bonds is 6. The molecule has 0 atom stereocenters. The molecule has 144 valence electrons. The van der Waals surface area contributed by atoms with Gasteiger partial charge in [-0.15, -0.1) is 0 Å². The SMILES string of the molecule is CCCCN(C(=O)c1nn(-c2ccccc2Cl)c(C)cc1=O)c1ccccc1. The standard InChI is InChI=1S/C22H22ClN3O2/c1-3-4-14-25(17-10-6-5-7-11-17)22(28)21-20(27)15-16(2)26(24-21)19-13-9-8-12-18(19)23/h5-13,15H,3-4,14H2,1-2H3. The van der Waals surface area contributed by atoms with Crippen LogP contribution in [-0.4, -0.2) is 22.2 Å². The molecule has 28 heavy (non-hydrogen) atoms. The zero-order chi connectivity index (χ0) is 20.1. The zero-order valence-electron chi connectivity index (χ0n) is 15.9. The monoisotopic (exact) mass is 395 g/mol. The first-order valence-corrected chi connectivity index (χ1v) is 9.63. The summed E-state index contributed by atoms with van der Waals surface area (Å²) in [5.41, 5.74) is 1.45. The fraction of sp³-hybridized carbons (Fsp3) is 0.227. The van der Waals surface area contributed by atoms with Crippen molar-refractivity contribution in [3.05, 3.63) is 87.3 Å². The molecule has 0 unspecified atom stereocenters. The number of anilines is 1. The molecule has 6 heteroatoms. The van der Waals surface area contributed by atoms with E-state index >= 15 is 0 Å². The molecule has 1 heterocycles. The number of amides is 1. The summed E-state index contributed by atoms with van der Waals surface area (Å²) in [5, 5.41) is 4.88. The molecule has 0 radical (unpaired) electrons. The van der Waals surface area contributed by atoms with E-state index in [-0.39, 0.29) is 5.69 Å². The van der Waals surface area contributed by atoms with Crippen molar-refractivity contribution in [2.24, 2.45) is 0 Å². The van der Waals surface area contributed by atoms with Gasteiger partial charge in [0.25, 0.3) is 5.91 Å². The number of aryl methyl sites for hydroxylation is 1. The van der Waals surface area contributed by atoms with Crippen LogP contribution in [0.1, 0.15) is 35.9 Å². The number of nitrogens with zero attached hydrogens (tertiary/aromatic N) is 3. The van der Waals surface area contributed by atoms with Gasteiger partial charge in [-0.1, -0.05) is 55.3 Å². The van der Waals surface area contributed by atoms with E-state index in [0.29, 0.717) is 22.9 Å². The van der Waals surface area contributed by atoms with Crippen LogP contribution in [0, 0.1) is 6.92 Å². The second kappa shape index (κ2) is 8.85. The Hall–Kier alpha value is -2.92. The molecule has 5 nitrogen and oxygen atoms in total. The van der Waals surface area contributed by atoms with Gasteiger partial charge < -0.3 is 4.90 Å². The van der Waals surface area contributed by atoms with Gasteiger partial charge >= 0.3 is 0 Å². The minimum Gasteiger partial charge on any atom is -0.307 e. The van der Waals surface area contributed by atoms with Crippen molar-refractivity contribution in [2.45, 2.75) is 26.7 Å². The lowest BCUT2D eigenvalue weighted by atomic mass is 10.2. The summed E-state index contributed by atoms with van der Waals surface area (Å²) in [7, 11) is 0. The molecule has 0 fully saturated rings. The number of unbranched alkanes of at least 4 members (excludes halogenated alkanes) is 1. The number of hydrogen-bond donors (Lipinski definition) is 0. The highest BCUT2D eigenvalue weighted by Crippen LogP contribution is 2.21. The van der Waals surface area contributed by atoms with Crippen molar-refractivity contribution in [1.29, 1.82) is 0 Å². The Morgan fingerprint density at radius 2 is 1.79 bits per heavy atom. The molecule has 1 aromatic heterocycles. The Labute approximate surface area is 169 Å². The largest absolute Gasteiger partial charge is 0.307 e. The number of benzene rings is 2. The number of halogens is 1. The summed E-state index contributed by atoms with van der Waals surface area (Å²) >= 11 is 6.30. The van der Waals surface area contributed by atoms with Crippen LogP contribution in [0.3, 0.4) is 0 Å². The topological polar surface area (TPSA) is 55.2 Å². The van der Waals surface area contributed by atoms with Gasteiger partial charge in [-0.2, -0.15) is 5.10 Å². The molecule has 0 aliphatic heterocycles. The van der Waals surface area contributed by atoms with Crippen LogP contribution in [0.25, 0.3) is 5.69 Å². The number of aromatic nitrogens is 2.